The number of halogens is 1. The van der Waals surface area contributed by atoms with Crippen LogP contribution < -0.4 is 10.6 Å². The molecule has 1 aromatic rings. The summed E-state index contributed by atoms with van der Waals surface area (Å²) in [5, 5.41) is 5.97. The molecule has 120 valence electrons. The Bertz CT molecular complexity index is 515. The van der Waals surface area contributed by atoms with E-state index in [-0.39, 0.29) is 18.3 Å². The first kappa shape index (κ1) is 16.9. The van der Waals surface area contributed by atoms with E-state index in [0.29, 0.717) is 13.2 Å². The molecule has 1 aromatic carbocycles. The fourth-order valence-corrected chi connectivity index (χ4v) is 2.46. The molecule has 22 heavy (non-hydrogen) atoms. The third-order valence-corrected chi connectivity index (χ3v) is 3.94. The Labute approximate surface area is 137 Å². The summed E-state index contributed by atoms with van der Waals surface area (Å²) in [7, 11) is 1.33. The number of hydrogen-bond donors (Lipinski definition) is 2. The highest BCUT2D eigenvalue weighted by molar-refractivity contribution is 9.10. The number of hydrogen-bond acceptors (Lipinski definition) is 5. The first-order valence-electron chi connectivity index (χ1n) is 7.05. The van der Waals surface area contributed by atoms with Crippen molar-refractivity contribution < 1.29 is 19.1 Å². The molecule has 1 aliphatic heterocycles. The third kappa shape index (κ3) is 4.79. The zero-order chi connectivity index (χ0) is 15.9. The molecule has 7 heteroatoms. The van der Waals surface area contributed by atoms with E-state index >= 15 is 0 Å². The van der Waals surface area contributed by atoms with Gasteiger partial charge in [0.1, 0.15) is 6.10 Å². The quantitative estimate of drug-likeness (QED) is 0.760. The molecule has 2 atom stereocenters. The van der Waals surface area contributed by atoms with Crippen molar-refractivity contribution in [2.24, 2.45) is 0 Å². The van der Waals surface area contributed by atoms with Crippen LogP contribution in [0, 0.1) is 0 Å². The van der Waals surface area contributed by atoms with Crippen molar-refractivity contribution in [1.29, 1.82) is 0 Å². The number of amides is 1. The Kier molecular flexibility index (Phi) is 6.35. The fourth-order valence-electron chi connectivity index (χ4n) is 2.20. The molecular weight excluding hydrogens is 352 g/mol. The topological polar surface area (TPSA) is 76.7 Å². The van der Waals surface area contributed by atoms with Crippen molar-refractivity contribution in [2.75, 3.05) is 26.8 Å². The van der Waals surface area contributed by atoms with Crippen LogP contribution in [0.1, 0.15) is 18.0 Å². The van der Waals surface area contributed by atoms with Gasteiger partial charge in [-0.15, -0.1) is 0 Å². The van der Waals surface area contributed by atoms with E-state index in [4.69, 9.17) is 9.47 Å². The first-order valence-corrected chi connectivity index (χ1v) is 7.84. The molecule has 2 unspecified atom stereocenters. The average molecular weight is 371 g/mol. The second-order valence-corrected chi connectivity index (χ2v) is 5.87. The fraction of sp³-hybridized carbons (Fsp3) is 0.467. The van der Waals surface area contributed by atoms with Gasteiger partial charge >= 0.3 is 5.97 Å². The Morgan fingerprint density at radius 2 is 2.18 bits per heavy atom. The van der Waals surface area contributed by atoms with E-state index in [1.807, 2.05) is 24.3 Å². The minimum absolute atomic E-state index is 0.0734. The summed E-state index contributed by atoms with van der Waals surface area (Å²) in [5.41, 5.74) is 0.839. The van der Waals surface area contributed by atoms with Crippen LogP contribution in [0.15, 0.2) is 28.7 Å². The maximum Gasteiger partial charge on any atom is 0.307 e. The molecule has 2 N–H and O–H groups in total. The van der Waals surface area contributed by atoms with Gasteiger partial charge < -0.3 is 20.1 Å². The smallest absolute Gasteiger partial charge is 0.307 e. The Hall–Kier alpha value is -1.44. The molecule has 0 saturated carbocycles. The summed E-state index contributed by atoms with van der Waals surface area (Å²) < 4.78 is 11.1. The third-order valence-electron chi connectivity index (χ3n) is 3.41. The monoisotopic (exact) mass is 370 g/mol. The van der Waals surface area contributed by atoms with Crippen LogP contribution in [-0.4, -0.2) is 44.8 Å². The van der Waals surface area contributed by atoms with Crippen molar-refractivity contribution in [1.82, 2.24) is 10.6 Å². The Morgan fingerprint density at radius 3 is 2.77 bits per heavy atom. The summed E-state index contributed by atoms with van der Waals surface area (Å²) in [6.07, 6.45) is -0.464. The maximum absolute atomic E-state index is 12.3. The summed E-state index contributed by atoms with van der Waals surface area (Å²) >= 11 is 3.37. The van der Waals surface area contributed by atoms with Crippen LogP contribution in [0.4, 0.5) is 0 Å². The number of carbonyl (C=O) groups excluding carboxylic acids is 2. The number of rotatable bonds is 5. The molecule has 0 bridgehead atoms. The molecule has 1 amide bonds. The predicted octanol–water partition coefficient (Wildman–Crippen LogP) is 1.16. The molecule has 1 aliphatic rings. The van der Waals surface area contributed by atoms with Crippen LogP contribution in [0.2, 0.25) is 0 Å². The number of carbonyl (C=O) groups is 2. The Morgan fingerprint density at radius 1 is 1.45 bits per heavy atom. The van der Waals surface area contributed by atoms with E-state index in [0.717, 1.165) is 16.6 Å². The number of esters is 1. The highest BCUT2D eigenvalue weighted by Crippen LogP contribution is 2.20. The minimum Gasteiger partial charge on any atom is -0.469 e. The van der Waals surface area contributed by atoms with Gasteiger partial charge in [0.25, 0.3) is 5.91 Å². The van der Waals surface area contributed by atoms with Crippen LogP contribution in [0.5, 0.6) is 0 Å². The van der Waals surface area contributed by atoms with Gasteiger partial charge in [0.2, 0.25) is 0 Å². The second kappa shape index (κ2) is 8.26. The van der Waals surface area contributed by atoms with Gasteiger partial charge in [-0.3, -0.25) is 9.59 Å². The SMILES string of the molecule is COC(=O)CC(NC(=O)C1CNCCO1)c1ccc(Br)cc1. The van der Waals surface area contributed by atoms with Gasteiger partial charge in [0, 0.05) is 17.6 Å². The van der Waals surface area contributed by atoms with Crippen molar-refractivity contribution in [3.05, 3.63) is 34.3 Å². The van der Waals surface area contributed by atoms with Crippen molar-refractivity contribution in [3.63, 3.8) is 0 Å². The molecule has 1 fully saturated rings. The average Bonchev–Trinajstić information content (AvgIpc) is 2.55. The van der Waals surface area contributed by atoms with Gasteiger partial charge in [0.15, 0.2) is 0 Å². The maximum atomic E-state index is 12.3. The van der Waals surface area contributed by atoms with Gasteiger partial charge in [-0.25, -0.2) is 0 Å². The van der Waals surface area contributed by atoms with Crippen LogP contribution >= 0.6 is 15.9 Å². The van der Waals surface area contributed by atoms with E-state index in [1.54, 1.807) is 0 Å². The molecule has 1 saturated heterocycles. The van der Waals surface area contributed by atoms with E-state index in [9.17, 15) is 9.59 Å². The molecule has 2 rings (SSSR count). The first-order chi connectivity index (χ1) is 10.6. The molecule has 6 nitrogen and oxygen atoms in total. The summed E-state index contributed by atoms with van der Waals surface area (Å²) in [6, 6.07) is 7.00. The largest absolute Gasteiger partial charge is 0.469 e. The van der Waals surface area contributed by atoms with Crippen LogP contribution in [0.3, 0.4) is 0 Å². The lowest BCUT2D eigenvalue weighted by Gasteiger charge is -2.25. The number of methoxy groups -OCH3 is 1. The van der Waals surface area contributed by atoms with E-state index < -0.39 is 12.1 Å². The predicted molar refractivity (Wildman–Crippen MR) is 84.3 cm³/mol. The Balaban J connectivity index is 2.07. The highest BCUT2D eigenvalue weighted by atomic mass is 79.9. The van der Waals surface area contributed by atoms with Crippen molar-refractivity contribution in [3.8, 4) is 0 Å². The van der Waals surface area contributed by atoms with Gasteiger partial charge in [-0.2, -0.15) is 0 Å². The van der Waals surface area contributed by atoms with E-state index in [1.165, 1.54) is 7.11 Å². The number of morpholine rings is 1. The lowest BCUT2D eigenvalue weighted by Crippen LogP contribution is -2.48. The number of benzene rings is 1. The standard InChI is InChI=1S/C15H19BrN2O4/c1-21-14(19)8-12(10-2-4-11(16)5-3-10)18-15(20)13-9-17-6-7-22-13/h2-5,12-13,17H,6-9H2,1H3,(H,18,20). The lowest BCUT2D eigenvalue weighted by molar-refractivity contribution is -0.142. The van der Waals surface area contributed by atoms with Crippen molar-refractivity contribution in [2.45, 2.75) is 18.6 Å². The summed E-state index contributed by atoms with van der Waals surface area (Å²) in [4.78, 5) is 23.9. The van der Waals surface area contributed by atoms with Gasteiger partial charge in [-0.1, -0.05) is 28.1 Å². The van der Waals surface area contributed by atoms with Crippen LogP contribution in [0.25, 0.3) is 0 Å². The van der Waals surface area contributed by atoms with Crippen LogP contribution in [-0.2, 0) is 19.1 Å². The van der Waals surface area contributed by atoms with Gasteiger partial charge in [0.05, 0.1) is 26.2 Å². The number of ether oxygens (including phenoxy) is 2. The second-order valence-electron chi connectivity index (χ2n) is 4.96. The molecule has 0 aliphatic carbocycles. The summed E-state index contributed by atoms with van der Waals surface area (Å²) in [6.45, 7) is 1.71. The lowest BCUT2D eigenvalue weighted by atomic mass is 10.0. The molecule has 1 heterocycles. The molecule has 0 radical (unpaired) electrons. The van der Waals surface area contributed by atoms with E-state index in [2.05, 4.69) is 26.6 Å². The molecular formula is C15H19BrN2O4. The zero-order valence-electron chi connectivity index (χ0n) is 12.3. The zero-order valence-corrected chi connectivity index (χ0v) is 13.9. The molecule has 0 aromatic heterocycles. The normalized spacial score (nSPS) is 19.3. The molecule has 0 spiro atoms. The van der Waals surface area contributed by atoms with Crippen molar-refractivity contribution >= 4 is 27.8 Å². The highest BCUT2D eigenvalue weighted by Gasteiger charge is 2.26. The van der Waals surface area contributed by atoms with Gasteiger partial charge in [-0.05, 0) is 17.7 Å². The minimum atomic E-state index is -0.538. The summed E-state index contributed by atoms with van der Waals surface area (Å²) in [5.74, 6) is -0.611. The number of nitrogens with one attached hydrogen (secondary N) is 2.